The van der Waals surface area contributed by atoms with Gasteiger partial charge in [-0.3, -0.25) is 0 Å². The van der Waals surface area contributed by atoms with Crippen LogP contribution in [0.3, 0.4) is 0 Å². The van der Waals surface area contributed by atoms with Crippen LogP contribution in [-0.4, -0.2) is 55.1 Å². The Bertz CT molecular complexity index is 620. The van der Waals surface area contributed by atoms with Gasteiger partial charge in [-0.25, -0.2) is 14.6 Å². The van der Waals surface area contributed by atoms with Crippen molar-refractivity contribution in [2.24, 2.45) is 0 Å². The number of fused-ring (bicyclic) bond motifs is 1. The second-order valence-electron chi connectivity index (χ2n) is 5.43. The summed E-state index contributed by atoms with van der Waals surface area (Å²) >= 11 is 1.66. The van der Waals surface area contributed by atoms with E-state index in [-0.39, 0.29) is 18.8 Å². The molecule has 3 rings (SSSR count). The van der Waals surface area contributed by atoms with Crippen LogP contribution in [0.4, 0.5) is 0 Å². The molecule has 1 saturated carbocycles. The quantitative estimate of drug-likeness (QED) is 0.614. The number of aliphatic hydroxyl groups excluding tert-OH is 1. The summed E-state index contributed by atoms with van der Waals surface area (Å²) in [6.45, 7) is 2.61. The van der Waals surface area contributed by atoms with Gasteiger partial charge in [-0.05, 0) is 25.7 Å². The molecule has 0 aliphatic heterocycles. The van der Waals surface area contributed by atoms with Crippen LogP contribution < -0.4 is 0 Å². The highest BCUT2D eigenvalue weighted by Gasteiger charge is 2.29. The lowest BCUT2D eigenvalue weighted by molar-refractivity contribution is 0.0309. The molecular formula is C14H21N5O2S. The summed E-state index contributed by atoms with van der Waals surface area (Å²) < 4.78 is 7.53. The maximum Gasteiger partial charge on any atom is 0.189 e. The molecule has 0 saturated heterocycles. The lowest BCUT2D eigenvalue weighted by Crippen LogP contribution is -2.14. The van der Waals surface area contributed by atoms with E-state index in [0.29, 0.717) is 6.61 Å². The number of aliphatic hydroxyl groups is 1. The predicted molar refractivity (Wildman–Crippen MR) is 83.8 cm³/mol. The van der Waals surface area contributed by atoms with Crippen molar-refractivity contribution in [1.82, 2.24) is 25.0 Å². The van der Waals surface area contributed by atoms with Gasteiger partial charge in [-0.2, -0.15) is 0 Å². The van der Waals surface area contributed by atoms with E-state index in [0.717, 1.165) is 47.8 Å². The zero-order valence-corrected chi connectivity index (χ0v) is 13.5. The fourth-order valence-corrected chi connectivity index (χ4v) is 3.41. The highest BCUT2D eigenvalue weighted by Crippen LogP contribution is 2.33. The van der Waals surface area contributed by atoms with E-state index in [1.54, 1.807) is 18.0 Å². The van der Waals surface area contributed by atoms with Gasteiger partial charge in [0, 0.05) is 5.75 Å². The summed E-state index contributed by atoms with van der Waals surface area (Å²) in [5.74, 6) is 1.01. The van der Waals surface area contributed by atoms with Crippen LogP contribution in [0.5, 0.6) is 0 Å². The molecule has 8 heteroatoms. The smallest absolute Gasteiger partial charge is 0.189 e. The first kappa shape index (κ1) is 15.6. The van der Waals surface area contributed by atoms with Crippen molar-refractivity contribution in [2.45, 2.75) is 49.9 Å². The third kappa shape index (κ3) is 3.39. The van der Waals surface area contributed by atoms with E-state index in [1.165, 1.54) is 0 Å². The van der Waals surface area contributed by atoms with Crippen LogP contribution in [0.2, 0.25) is 0 Å². The van der Waals surface area contributed by atoms with E-state index in [1.807, 2.05) is 4.68 Å². The van der Waals surface area contributed by atoms with E-state index in [9.17, 15) is 0 Å². The molecule has 2 unspecified atom stereocenters. The Morgan fingerprint density at radius 1 is 1.45 bits per heavy atom. The van der Waals surface area contributed by atoms with Crippen molar-refractivity contribution in [3.8, 4) is 0 Å². The molecule has 1 aliphatic carbocycles. The predicted octanol–water partition coefficient (Wildman–Crippen LogP) is 1.83. The van der Waals surface area contributed by atoms with Gasteiger partial charge in [0.25, 0.3) is 0 Å². The van der Waals surface area contributed by atoms with E-state index >= 15 is 0 Å². The van der Waals surface area contributed by atoms with Crippen molar-refractivity contribution >= 4 is 22.9 Å². The molecule has 0 aromatic carbocycles. The number of ether oxygens (including phenoxy) is 1. The first-order valence-corrected chi connectivity index (χ1v) is 8.73. The molecule has 2 atom stereocenters. The molecule has 1 N–H and O–H groups in total. The fraction of sp³-hybridized carbons (Fsp3) is 0.714. The summed E-state index contributed by atoms with van der Waals surface area (Å²) in [5.41, 5.74) is 1.54. The summed E-state index contributed by atoms with van der Waals surface area (Å²) in [5, 5.41) is 18.1. The Hall–Kier alpha value is -1.25. The van der Waals surface area contributed by atoms with Crippen LogP contribution in [-0.2, 0) is 4.74 Å². The molecule has 0 amide bonds. The van der Waals surface area contributed by atoms with Gasteiger partial charge in [0.1, 0.15) is 0 Å². The molecule has 2 aromatic rings. The number of hydrogen-bond donors (Lipinski definition) is 1. The maximum atomic E-state index is 8.85. The first-order valence-electron chi connectivity index (χ1n) is 7.75. The largest absolute Gasteiger partial charge is 0.394 e. The van der Waals surface area contributed by atoms with Gasteiger partial charge in [0.05, 0.1) is 31.6 Å². The molecular weight excluding hydrogens is 302 g/mol. The average molecular weight is 323 g/mol. The van der Waals surface area contributed by atoms with Gasteiger partial charge in [-0.15, -0.1) is 5.10 Å². The van der Waals surface area contributed by atoms with Crippen molar-refractivity contribution in [3.05, 3.63) is 6.20 Å². The molecule has 0 bridgehead atoms. The average Bonchev–Trinajstić information content (AvgIpc) is 3.16. The Labute approximate surface area is 133 Å². The molecule has 22 heavy (non-hydrogen) atoms. The third-order valence-electron chi connectivity index (χ3n) is 3.78. The van der Waals surface area contributed by atoms with Gasteiger partial charge < -0.3 is 9.84 Å². The number of aromatic nitrogens is 5. The molecule has 2 heterocycles. The lowest BCUT2D eigenvalue weighted by atomic mass is 10.2. The number of hydrogen-bond acceptors (Lipinski definition) is 7. The molecule has 0 spiro atoms. The molecule has 120 valence electrons. The summed E-state index contributed by atoms with van der Waals surface area (Å²) in [6, 6.07) is 0.257. The number of rotatable bonds is 7. The van der Waals surface area contributed by atoms with Crippen molar-refractivity contribution in [1.29, 1.82) is 0 Å². The Kier molecular flexibility index (Phi) is 5.22. The van der Waals surface area contributed by atoms with Gasteiger partial charge in [0.2, 0.25) is 0 Å². The van der Waals surface area contributed by atoms with Gasteiger partial charge in [-0.1, -0.05) is 23.9 Å². The van der Waals surface area contributed by atoms with Crippen LogP contribution in [0.1, 0.15) is 38.6 Å². The van der Waals surface area contributed by atoms with E-state index in [2.05, 4.69) is 27.2 Å². The lowest BCUT2D eigenvalue weighted by Gasteiger charge is -2.12. The van der Waals surface area contributed by atoms with Crippen molar-refractivity contribution in [2.75, 3.05) is 19.0 Å². The normalized spacial score (nSPS) is 21.7. The molecule has 1 fully saturated rings. The maximum absolute atomic E-state index is 8.85. The Morgan fingerprint density at radius 2 is 2.36 bits per heavy atom. The Balaban J connectivity index is 1.76. The summed E-state index contributed by atoms with van der Waals surface area (Å²) in [4.78, 5) is 8.94. The highest BCUT2D eigenvalue weighted by atomic mass is 32.2. The topological polar surface area (TPSA) is 86.0 Å². The van der Waals surface area contributed by atoms with E-state index in [4.69, 9.17) is 9.84 Å². The van der Waals surface area contributed by atoms with Crippen LogP contribution in [0, 0.1) is 0 Å². The van der Waals surface area contributed by atoms with Crippen LogP contribution in [0.15, 0.2) is 11.4 Å². The second-order valence-corrected chi connectivity index (χ2v) is 6.49. The summed E-state index contributed by atoms with van der Waals surface area (Å²) in [6.07, 6.45) is 5.89. The fourth-order valence-electron chi connectivity index (χ4n) is 2.75. The first-order chi connectivity index (χ1) is 10.8. The van der Waals surface area contributed by atoms with Crippen molar-refractivity contribution < 1.29 is 9.84 Å². The minimum Gasteiger partial charge on any atom is -0.394 e. The molecule has 7 nitrogen and oxygen atoms in total. The summed E-state index contributed by atoms with van der Waals surface area (Å²) in [7, 11) is 0. The third-order valence-corrected chi connectivity index (χ3v) is 4.84. The van der Waals surface area contributed by atoms with Crippen molar-refractivity contribution in [3.63, 3.8) is 0 Å². The zero-order chi connectivity index (χ0) is 15.4. The SMILES string of the molecule is CCCSc1ncc2nnn(C3CCC(OCCO)C3)c2n1. The minimum absolute atomic E-state index is 0.0681. The Morgan fingerprint density at radius 3 is 3.18 bits per heavy atom. The van der Waals surface area contributed by atoms with Gasteiger partial charge >= 0.3 is 0 Å². The second kappa shape index (κ2) is 7.34. The highest BCUT2D eigenvalue weighted by molar-refractivity contribution is 7.99. The van der Waals surface area contributed by atoms with Crippen LogP contribution in [0.25, 0.3) is 11.2 Å². The minimum atomic E-state index is 0.0681. The van der Waals surface area contributed by atoms with Gasteiger partial charge in [0.15, 0.2) is 16.3 Å². The van der Waals surface area contributed by atoms with E-state index < -0.39 is 0 Å². The number of nitrogens with zero attached hydrogens (tertiary/aromatic N) is 5. The van der Waals surface area contributed by atoms with Crippen LogP contribution >= 0.6 is 11.8 Å². The molecule has 1 aliphatic rings. The molecule has 2 aromatic heterocycles. The molecule has 0 radical (unpaired) electrons. The standard InChI is InChI=1S/C14H21N5O2S/c1-2-7-22-14-15-9-12-13(16-14)19(18-17-12)10-3-4-11(8-10)21-6-5-20/h9-11,20H,2-8H2,1H3. The zero-order valence-electron chi connectivity index (χ0n) is 12.7. The monoisotopic (exact) mass is 323 g/mol. The number of thioether (sulfide) groups is 1.